The third kappa shape index (κ3) is 2.97. The lowest BCUT2D eigenvalue weighted by Gasteiger charge is -2.71. The minimum absolute atomic E-state index is 0.0641. The van der Waals surface area contributed by atoms with Crippen molar-refractivity contribution in [3.8, 4) is 0 Å². The van der Waals surface area contributed by atoms with E-state index in [9.17, 15) is 15.2 Å². The average molecular weight is 485 g/mol. The number of fused-ring (bicyclic) bond motifs is 7. The predicted octanol–water partition coefficient (Wildman–Crippen LogP) is 6.98. The topological polar surface area (TPSA) is 81.9 Å². The first-order valence-corrected chi connectivity index (χ1v) is 14.2. The summed E-state index contributed by atoms with van der Waals surface area (Å²) >= 11 is 0. The number of hydroxylamine groups is 1. The summed E-state index contributed by atoms with van der Waals surface area (Å²) in [6.07, 6.45) is 11.8. The molecule has 5 heteroatoms. The van der Waals surface area contributed by atoms with E-state index < -0.39 is 5.41 Å². The van der Waals surface area contributed by atoms with Crippen LogP contribution in [0.5, 0.6) is 0 Å². The molecule has 4 fully saturated rings. The third-order valence-corrected chi connectivity index (χ3v) is 13.4. The smallest absolute Gasteiger partial charge is 0.250 e. The molecule has 196 valence electrons. The van der Waals surface area contributed by atoms with Crippen molar-refractivity contribution in [2.45, 2.75) is 106 Å². The molecule has 0 aliphatic heterocycles. The van der Waals surface area contributed by atoms with Gasteiger partial charge < -0.3 is 5.21 Å². The van der Waals surface area contributed by atoms with Crippen LogP contribution in [0.1, 0.15) is 106 Å². The number of nitrogens with one attached hydrogen (secondary N) is 1. The summed E-state index contributed by atoms with van der Waals surface area (Å²) in [6, 6.07) is 0. The van der Waals surface area contributed by atoms with Crippen LogP contribution in [0.25, 0.3) is 0 Å². The van der Waals surface area contributed by atoms with Gasteiger partial charge in [-0.1, -0.05) is 65.3 Å². The van der Waals surface area contributed by atoms with Gasteiger partial charge in [-0.15, -0.1) is 0 Å². The summed E-state index contributed by atoms with van der Waals surface area (Å²) in [6.45, 7) is 16.9. The highest BCUT2D eigenvalue weighted by Crippen LogP contribution is 2.75. The second kappa shape index (κ2) is 7.82. The molecule has 0 aromatic carbocycles. The van der Waals surface area contributed by atoms with Crippen molar-refractivity contribution in [3.05, 3.63) is 11.6 Å². The fraction of sp³-hybridized carbons (Fsp3) is 0.867. The van der Waals surface area contributed by atoms with Crippen molar-refractivity contribution in [2.75, 3.05) is 0 Å². The molecule has 5 aliphatic carbocycles. The lowest BCUT2D eigenvalue weighted by molar-refractivity contribution is -0.176. The van der Waals surface area contributed by atoms with Crippen LogP contribution in [0.3, 0.4) is 0 Å². The molecular weight excluding hydrogens is 436 g/mol. The molecular formula is C30H48N2O3. The molecule has 0 aromatic heterocycles. The molecule has 0 heterocycles. The van der Waals surface area contributed by atoms with Crippen molar-refractivity contribution in [1.29, 1.82) is 0 Å². The molecule has 9 atom stereocenters. The van der Waals surface area contributed by atoms with E-state index >= 15 is 0 Å². The Bertz CT molecular complexity index is 971. The zero-order chi connectivity index (χ0) is 25.6. The molecule has 35 heavy (non-hydrogen) atoms. The SMILES string of the molecule is C[C@H]1[C@H](C)CC[C@]2(C(=O)NO)CC[C@]3(C)C(=CC[C@@H]4[C@@]5(C)CC/C(=N\O)C(C)(C)[C@@H]5CC[C@]43C)[C@H]12. The first kappa shape index (κ1) is 25.3. The van der Waals surface area contributed by atoms with Crippen LogP contribution in [-0.4, -0.2) is 22.0 Å². The standard InChI is InChI=1S/C30H48N2O3/c1-18-10-15-30(25(33)32-35)17-16-28(6)20(24(30)19(18)2)8-9-22-27(5)13-12-23(31-34)26(3,4)21(27)11-14-29(22,28)7/h8,18-19,21-22,24,34-35H,9-17H2,1-7H3,(H,32,33)/b31-23+/t18-,19+,21+,22-,24+,27+,28-,29-,30+/m1/s1. The monoisotopic (exact) mass is 484 g/mol. The second-order valence-electron chi connectivity index (χ2n) is 14.5. The molecule has 5 aliphatic rings. The quantitative estimate of drug-likeness (QED) is 0.162. The van der Waals surface area contributed by atoms with Gasteiger partial charge in [0.15, 0.2) is 0 Å². The van der Waals surface area contributed by atoms with Crippen LogP contribution in [-0.2, 0) is 4.79 Å². The summed E-state index contributed by atoms with van der Waals surface area (Å²) in [7, 11) is 0. The molecule has 0 saturated heterocycles. The van der Waals surface area contributed by atoms with E-state index in [-0.39, 0.29) is 33.5 Å². The number of hydrogen-bond donors (Lipinski definition) is 3. The first-order chi connectivity index (χ1) is 16.3. The summed E-state index contributed by atoms with van der Waals surface area (Å²) in [5.74, 6) is 2.15. The number of amides is 1. The summed E-state index contributed by atoms with van der Waals surface area (Å²) in [5.41, 5.74) is 4.49. The molecule has 0 radical (unpaired) electrons. The Balaban J connectivity index is 1.61. The highest BCUT2D eigenvalue weighted by molar-refractivity contribution is 5.90. The zero-order valence-electron chi connectivity index (χ0n) is 23.1. The molecule has 0 bridgehead atoms. The Hall–Kier alpha value is -1.36. The number of oxime groups is 1. The van der Waals surface area contributed by atoms with Crippen LogP contribution in [0.2, 0.25) is 0 Å². The number of nitrogens with zero attached hydrogens (tertiary/aromatic N) is 1. The third-order valence-electron chi connectivity index (χ3n) is 13.4. The summed E-state index contributed by atoms with van der Waals surface area (Å²) in [4.78, 5) is 13.3. The van der Waals surface area contributed by atoms with Crippen molar-refractivity contribution >= 4 is 11.6 Å². The van der Waals surface area contributed by atoms with Gasteiger partial charge in [0.1, 0.15) is 0 Å². The largest absolute Gasteiger partial charge is 0.411 e. The Morgan fingerprint density at radius 1 is 1.00 bits per heavy atom. The minimum atomic E-state index is -0.477. The molecule has 0 spiro atoms. The number of hydrogen-bond acceptors (Lipinski definition) is 4. The van der Waals surface area contributed by atoms with Crippen LogP contribution in [0.4, 0.5) is 0 Å². The van der Waals surface area contributed by atoms with Gasteiger partial charge in [0, 0.05) is 5.41 Å². The van der Waals surface area contributed by atoms with Gasteiger partial charge in [-0.3, -0.25) is 10.0 Å². The van der Waals surface area contributed by atoms with Gasteiger partial charge in [-0.05, 0) is 104 Å². The van der Waals surface area contributed by atoms with E-state index in [1.54, 1.807) is 0 Å². The highest BCUT2D eigenvalue weighted by Gasteiger charge is 2.69. The van der Waals surface area contributed by atoms with Gasteiger partial charge in [0.05, 0.1) is 11.1 Å². The summed E-state index contributed by atoms with van der Waals surface area (Å²) < 4.78 is 0. The maximum atomic E-state index is 13.3. The van der Waals surface area contributed by atoms with E-state index in [1.165, 1.54) is 12.0 Å². The van der Waals surface area contributed by atoms with E-state index in [1.807, 2.05) is 0 Å². The van der Waals surface area contributed by atoms with Crippen LogP contribution in [0.15, 0.2) is 16.8 Å². The Morgan fingerprint density at radius 2 is 1.71 bits per heavy atom. The number of carbonyl (C=O) groups excluding carboxylic acids is 1. The minimum Gasteiger partial charge on any atom is -0.411 e. The van der Waals surface area contributed by atoms with Crippen LogP contribution in [0, 0.1) is 56.7 Å². The van der Waals surface area contributed by atoms with Gasteiger partial charge in [0.2, 0.25) is 5.91 Å². The van der Waals surface area contributed by atoms with Gasteiger partial charge >= 0.3 is 0 Å². The summed E-state index contributed by atoms with van der Waals surface area (Å²) in [5, 5.41) is 23.3. The van der Waals surface area contributed by atoms with E-state index in [0.717, 1.165) is 57.1 Å². The molecule has 5 nitrogen and oxygen atoms in total. The fourth-order valence-electron chi connectivity index (χ4n) is 11.0. The lowest BCUT2D eigenvalue weighted by atomic mass is 9.33. The van der Waals surface area contributed by atoms with E-state index in [4.69, 9.17) is 0 Å². The molecule has 1 amide bonds. The van der Waals surface area contributed by atoms with Gasteiger partial charge in [-0.2, -0.15) is 0 Å². The highest BCUT2D eigenvalue weighted by atomic mass is 16.5. The van der Waals surface area contributed by atoms with Crippen molar-refractivity contribution in [3.63, 3.8) is 0 Å². The van der Waals surface area contributed by atoms with Crippen LogP contribution < -0.4 is 5.48 Å². The van der Waals surface area contributed by atoms with Gasteiger partial charge in [-0.25, -0.2) is 5.48 Å². The van der Waals surface area contributed by atoms with E-state index in [0.29, 0.717) is 23.7 Å². The average Bonchev–Trinajstić information content (AvgIpc) is 2.81. The molecule has 0 unspecified atom stereocenters. The maximum Gasteiger partial charge on any atom is 0.250 e. The second-order valence-corrected chi connectivity index (χ2v) is 14.5. The molecule has 5 rings (SSSR count). The lowest BCUT2D eigenvalue weighted by Crippen LogP contribution is -2.65. The van der Waals surface area contributed by atoms with Crippen molar-refractivity contribution in [2.24, 2.45) is 61.8 Å². The number of allylic oxidation sites excluding steroid dienone is 2. The number of rotatable bonds is 1. The van der Waals surface area contributed by atoms with Crippen molar-refractivity contribution < 1.29 is 15.2 Å². The van der Waals surface area contributed by atoms with Crippen molar-refractivity contribution in [1.82, 2.24) is 5.48 Å². The van der Waals surface area contributed by atoms with E-state index in [2.05, 4.69) is 65.2 Å². The Kier molecular flexibility index (Phi) is 5.65. The maximum absolute atomic E-state index is 13.3. The van der Waals surface area contributed by atoms with Crippen LogP contribution >= 0.6 is 0 Å². The Morgan fingerprint density at radius 3 is 2.37 bits per heavy atom. The first-order valence-electron chi connectivity index (χ1n) is 14.2. The molecule has 0 aromatic rings. The molecule has 4 saturated carbocycles. The Labute approximate surface area is 212 Å². The fourth-order valence-corrected chi connectivity index (χ4v) is 11.0. The van der Waals surface area contributed by atoms with Gasteiger partial charge in [0.25, 0.3) is 0 Å². The normalized spacial score (nSPS) is 51.8. The molecule has 3 N–H and O–H groups in total. The zero-order valence-corrected chi connectivity index (χ0v) is 23.1. The number of carbonyl (C=O) groups is 1. The predicted molar refractivity (Wildman–Crippen MR) is 138 cm³/mol.